The van der Waals surface area contributed by atoms with Gasteiger partial charge in [0.15, 0.2) is 0 Å². The molecular weight excluding hydrogens is 252 g/mol. The molecule has 20 heavy (non-hydrogen) atoms. The van der Waals surface area contributed by atoms with Crippen molar-refractivity contribution in [2.75, 3.05) is 24.3 Å². The molecule has 0 unspecified atom stereocenters. The van der Waals surface area contributed by atoms with E-state index < -0.39 is 0 Å². The van der Waals surface area contributed by atoms with Crippen LogP contribution in [0.4, 0.5) is 11.4 Å². The first-order valence-corrected chi connectivity index (χ1v) is 6.42. The molecule has 0 saturated carbocycles. The molecule has 0 bridgehead atoms. The van der Waals surface area contributed by atoms with Crippen LogP contribution >= 0.6 is 0 Å². The molecule has 0 aliphatic rings. The van der Waals surface area contributed by atoms with Crippen molar-refractivity contribution in [3.63, 3.8) is 0 Å². The van der Waals surface area contributed by atoms with Crippen LogP contribution in [0, 0.1) is 6.92 Å². The maximum atomic E-state index is 11.8. The van der Waals surface area contributed by atoms with E-state index in [-0.39, 0.29) is 12.5 Å². The van der Waals surface area contributed by atoms with Crippen LogP contribution in [0.2, 0.25) is 0 Å². The molecule has 0 spiro atoms. The zero-order valence-corrected chi connectivity index (χ0v) is 11.6. The van der Waals surface area contributed by atoms with Crippen LogP contribution in [0.5, 0.6) is 5.75 Å². The summed E-state index contributed by atoms with van der Waals surface area (Å²) < 4.78 is 5.07. The summed E-state index contributed by atoms with van der Waals surface area (Å²) in [5.41, 5.74) is 2.84. The van der Waals surface area contributed by atoms with Gasteiger partial charge in [0, 0.05) is 11.4 Å². The van der Waals surface area contributed by atoms with Gasteiger partial charge in [-0.2, -0.15) is 0 Å². The van der Waals surface area contributed by atoms with Gasteiger partial charge in [-0.15, -0.1) is 0 Å². The smallest absolute Gasteiger partial charge is 0.243 e. The van der Waals surface area contributed by atoms with Gasteiger partial charge in [-0.3, -0.25) is 4.79 Å². The number of hydrogen-bond acceptors (Lipinski definition) is 3. The molecule has 0 atom stereocenters. The molecule has 2 aromatic carbocycles. The second-order valence-electron chi connectivity index (χ2n) is 4.45. The maximum Gasteiger partial charge on any atom is 0.243 e. The largest absolute Gasteiger partial charge is 0.497 e. The van der Waals surface area contributed by atoms with Crippen LogP contribution < -0.4 is 15.4 Å². The van der Waals surface area contributed by atoms with E-state index in [0.717, 1.165) is 22.7 Å². The number of nitrogens with one attached hydrogen (secondary N) is 2. The molecular formula is C16H18N2O2. The lowest BCUT2D eigenvalue weighted by Gasteiger charge is -2.10. The Hall–Kier alpha value is -2.49. The minimum Gasteiger partial charge on any atom is -0.497 e. The highest BCUT2D eigenvalue weighted by atomic mass is 16.5. The summed E-state index contributed by atoms with van der Waals surface area (Å²) in [5, 5.41) is 5.94. The lowest BCUT2D eigenvalue weighted by Crippen LogP contribution is -2.21. The van der Waals surface area contributed by atoms with Crippen molar-refractivity contribution in [2.45, 2.75) is 6.92 Å². The number of para-hydroxylation sites is 1. The van der Waals surface area contributed by atoms with Gasteiger partial charge in [-0.25, -0.2) is 0 Å². The van der Waals surface area contributed by atoms with Crippen LogP contribution in [0.1, 0.15) is 5.56 Å². The zero-order chi connectivity index (χ0) is 14.4. The molecule has 0 radical (unpaired) electrons. The number of rotatable bonds is 5. The molecule has 0 aromatic heterocycles. The fraction of sp³-hybridized carbons (Fsp3) is 0.188. The molecule has 0 heterocycles. The Morgan fingerprint density at radius 1 is 1.10 bits per heavy atom. The van der Waals surface area contributed by atoms with Crippen LogP contribution in [-0.4, -0.2) is 19.6 Å². The van der Waals surface area contributed by atoms with Crippen molar-refractivity contribution < 1.29 is 9.53 Å². The van der Waals surface area contributed by atoms with Crippen molar-refractivity contribution in [2.24, 2.45) is 0 Å². The normalized spacial score (nSPS) is 9.90. The number of carbonyl (C=O) groups excluding carboxylic acids is 1. The van der Waals surface area contributed by atoms with Crippen molar-refractivity contribution in [1.29, 1.82) is 0 Å². The first-order chi connectivity index (χ1) is 9.69. The molecule has 4 nitrogen and oxygen atoms in total. The Labute approximate surface area is 118 Å². The third-order valence-corrected chi connectivity index (χ3v) is 2.96. The maximum absolute atomic E-state index is 11.8. The fourth-order valence-electron chi connectivity index (χ4n) is 1.83. The number of hydrogen-bond donors (Lipinski definition) is 2. The summed E-state index contributed by atoms with van der Waals surface area (Å²) in [6, 6.07) is 15.1. The zero-order valence-electron chi connectivity index (χ0n) is 11.6. The topological polar surface area (TPSA) is 50.4 Å². The van der Waals surface area contributed by atoms with Crippen molar-refractivity contribution >= 4 is 17.3 Å². The minimum absolute atomic E-state index is 0.0848. The highest BCUT2D eigenvalue weighted by Gasteiger charge is 2.03. The quantitative estimate of drug-likeness (QED) is 0.878. The minimum atomic E-state index is -0.0848. The van der Waals surface area contributed by atoms with E-state index in [1.54, 1.807) is 7.11 Å². The summed E-state index contributed by atoms with van der Waals surface area (Å²) >= 11 is 0. The number of anilines is 2. The fourth-order valence-corrected chi connectivity index (χ4v) is 1.83. The van der Waals surface area contributed by atoms with Gasteiger partial charge in [-0.1, -0.05) is 18.2 Å². The Kier molecular flexibility index (Phi) is 4.60. The van der Waals surface area contributed by atoms with Gasteiger partial charge >= 0.3 is 0 Å². The molecule has 1 amide bonds. The molecule has 0 fully saturated rings. The van der Waals surface area contributed by atoms with Crippen molar-refractivity contribution in [3.05, 3.63) is 54.1 Å². The Morgan fingerprint density at radius 3 is 2.45 bits per heavy atom. The van der Waals surface area contributed by atoms with Gasteiger partial charge in [0.05, 0.1) is 13.7 Å². The Balaban J connectivity index is 1.87. The lowest BCUT2D eigenvalue weighted by molar-refractivity contribution is -0.114. The SMILES string of the molecule is COc1ccc(NC(=O)CNc2ccccc2C)cc1. The van der Waals surface area contributed by atoms with Gasteiger partial charge < -0.3 is 15.4 Å². The average Bonchev–Trinajstić information content (AvgIpc) is 2.47. The van der Waals surface area contributed by atoms with Gasteiger partial charge in [0.25, 0.3) is 0 Å². The summed E-state index contributed by atoms with van der Waals surface area (Å²) in [6.07, 6.45) is 0. The molecule has 4 heteroatoms. The summed E-state index contributed by atoms with van der Waals surface area (Å²) in [6.45, 7) is 2.24. The molecule has 0 aliphatic heterocycles. The van der Waals surface area contributed by atoms with E-state index in [0.29, 0.717) is 0 Å². The number of amides is 1. The summed E-state index contributed by atoms with van der Waals surface area (Å²) in [5.74, 6) is 0.680. The van der Waals surface area contributed by atoms with E-state index >= 15 is 0 Å². The first-order valence-electron chi connectivity index (χ1n) is 6.42. The molecule has 2 N–H and O–H groups in total. The molecule has 0 aliphatic carbocycles. The highest BCUT2D eigenvalue weighted by molar-refractivity contribution is 5.93. The predicted octanol–water partition coefficient (Wildman–Crippen LogP) is 3.05. The number of methoxy groups -OCH3 is 1. The van der Waals surface area contributed by atoms with Crippen LogP contribution in [0.25, 0.3) is 0 Å². The first kappa shape index (κ1) is 13.9. The van der Waals surface area contributed by atoms with Gasteiger partial charge in [0.1, 0.15) is 5.75 Å². The molecule has 104 valence electrons. The molecule has 2 aromatic rings. The van der Waals surface area contributed by atoms with Crippen LogP contribution in [0.15, 0.2) is 48.5 Å². The van der Waals surface area contributed by atoms with Crippen LogP contribution in [-0.2, 0) is 4.79 Å². The van der Waals surface area contributed by atoms with E-state index in [1.165, 1.54) is 0 Å². The van der Waals surface area contributed by atoms with Crippen LogP contribution in [0.3, 0.4) is 0 Å². The van der Waals surface area contributed by atoms with E-state index in [4.69, 9.17) is 4.74 Å². The predicted molar refractivity (Wildman–Crippen MR) is 81.3 cm³/mol. The second kappa shape index (κ2) is 6.61. The number of carbonyl (C=O) groups is 1. The summed E-state index contributed by atoms with van der Waals surface area (Å²) in [4.78, 5) is 11.8. The Morgan fingerprint density at radius 2 is 1.80 bits per heavy atom. The Bertz CT molecular complexity index is 579. The average molecular weight is 270 g/mol. The third kappa shape index (κ3) is 3.75. The number of aryl methyl sites for hydroxylation is 1. The highest BCUT2D eigenvalue weighted by Crippen LogP contribution is 2.15. The third-order valence-electron chi connectivity index (χ3n) is 2.96. The van der Waals surface area contributed by atoms with Gasteiger partial charge in [-0.05, 0) is 42.8 Å². The van der Waals surface area contributed by atoms with Crippen molar-refractivity contribution in [1.82, 2.24) is 0 Å². The van der Waals surface area contributed by atoms with E-state index in [1.807, 2.05) is 55.5 Å². The van der Waals surface area contributed by atoms with Crippen molar-refractivity contribution in [3.8, 4) is 5.75 Å². The molecule has 0 saturated heterocycles. The van der Waals surface area contributed by atoms with E-state index in [2.05, 4.69) is 10.6 Å². The number of ether oxygens (including phenoxy) is 1. The lowest BCUT2D eigenvalue weighted by atomic mass is 10.2. The standard InChI is InChI=1S/C16H18N2O2/c1-12-5-3-4-6-15(12)17-11-16(19)18-13-7-9-14(20-2)10-8-13/h3-10,17H,11H2,1-2H3,(H,18,19). The monoisotopic (exact) mass is 270 g/mol. The summed E-state index contributed by atoms with van der Waals surface area (Å²) in [7, 11) is 1.61. The van der Waals surface area contributed by atoms with E-state index in [9.17, 15) is 4.79 Å². The second-order valence-corrected chi connectivity index (χ2v) is 4.45. The number of benzene rings is 2. The molecule has 2 rings (SSSR count). The van der Waals surface area contributed by atoms with Gasteiger partial charge in [0.2, 0.25) is 5.91 Å².